The summed E-state index contributed by atoms with van der Waals surface area (Å²) in [6.45, 7) is 11.1. The minimum Gasteiger partial charge on any atom is -0.465 e. The molecule has 0 aromatic heterocycles. The van der Waals surface area contributed by atoms with Crippen LogP contribution in [0.3, 0.4) is 0 Å². The lowest BCUT2D eigenvalue weighted by molar-refractivity contribution is -0.135. The van der Waals surface area contributed by atoms with Gasteiger partial charge in [0.2, 0.25) is 23.6 Å². The summed E-state index contributed by atoms with van der Waals surface area (Å²) in [7, 11) is 0. The van der Waals surface area contributed by atoms with Gasteiger partial charge >= 0.3 is 12.2 Å². The van der Waals surface area contributed by atoms with E-state index >= 15 is 0 Å². The number of benzene rings is 2. The van der Waals surface area contributed by atoms with Gasteiger partial charge in [0.15, 0.2) is 0 Å². The van der Waals surface area contributed by atoms with E-state index in [0.29, 0.717) is 31.2 Å². The van der Waals surface area contributed by atoms with Crippen LogP contribution in [0.2, 0.25) is 0 Å². The van der Waals surface area contributed by atoms with Crippen molar-refractivity contribution in [1.29, 1.82) is 0 Å². The van der Waals surface area contributed by atoms with Crippen molar-refractivity contribution in [3.05, 3.63) is 59.7 Å². The molecule has 4 rings (SSSR count). The Balaban J connectivity index is 0.000000280. The largest absolute Gasteiger partial charge is 0.465 e. The van der Waals surface area contributed by atoms with E-state index < -0.39 is 35.4 Å². The fraction of sp³-hybridized carbons (Fsp3) is 0.421. The van der Waals surface area contributed by atoms with Crippen LogP contribution in [0.25, 0.3) is 0 Å². The highest BCUT2D eigenvalue weighted by Crippen LogP contribution is 2.17. The molecule has 2 aliphatic rings. The van der Waals surface area contributed by atoms with Gasteiger partial charge in [0.1, 0.15) is 17.7 Å². The van der Waals surface area contributed by atoms with Crippen LogP contribution in [-0.2, 0) is 23.9 Å². The van der Waals surface area contributed by atoms with Gasteiger partial charge in [0.25, 0.3) is 0 Å². The zero-order chi connectivity index (χ0) is 38.5. The van der Waals surface area contributed by atoms with Crippen molar-refractivity contribution in [3.8, 4) is 23.7 Å². The summed E-state index contributed by atoms with van der Waals surface area (Å²) in [6.07, 6.45) is 0.000214. The third-order valence-corrected chi connectivity index (χ3v) is 7.35. The summed E-state index contributed by atoms with van der Waals surface area (Å²) in [5.74, 6) is 10.5. The lowest BCUT2D eigenvalue weighted by Crippen LogP contribution is -2.47. The summed E-state index contributed by atoms with van der Waals surface area (Å²) in [6, 6.07) is 13.6. The van der Waals surface area contributed by atoms with Crippen molar-refractivity contribution in [3.63, 3.8) is 0 Å². The van der Waals surface area contributed by atoms with Gasteiger partial charge in [-0.25, -0.2) is 9.59 Å². The molecule has 0 unspecified atom stereocenters. The fourth-order valence-electron chi connectivity index (χ4n) is 4.83. The van der Waals surface area contributed by atoms with E-state index in [0.717, 1.165) is 16.9 Å². The highest BCUT2D eigenvalue weighted by Gasteiger charge is 2.28. The number of ether oxygens (including phenoxy) is 1. The van der Waals surface area contributed by atoms with Crippen molar-refractivity contribution >= 4 is 47.2 Å². The normalized spacial score (nSPS) is 16.9. The second-order valence-electron chi connectivity index (χ2n) is 14.0. The number of hydrogen-bond acceptors (Lipinski definition) is 9. The lowest BCUT2D eigenvalue weighted by atomic mass is 10.1. The predicted octanol–water partition coefficient (Wildman–Crippen LogP) is 3.81. The smallest absolute Gasteiger partial charge is 0.408 e. The molecule has 2 aliphatic heterocycles. The van der Waals surface area contributed by atoms with Gasteiger partial charge in [0.05, 0.1) is 13.1 Å². The van der Waals surface area contributed by atoms with Crippen molar-refractivity contribution in [2.75, 3.05) is 23.7 Å². The van der Waals surface area contributed by atoms with Gasteiger partial charge in [-0.3, -0.25) is 34.7 Å². The molecular weight excluding hydrogens is 668 g/mol. The second-order valence-corrected chi connectivity index (χ2v) is 14.0. The summed E-state index contributed by atoms with van der Waals surface area (Å²) in [5, 5.41) is 22.6. The molecule has 2 atom stereocenters. The first-order valence-corrected chi connectivity index (χ1v) is 16.8. The number of carboxylic acid groups (broad SMARTS) is 1. The van der Waals surface area contributed by atoms with Gasteiger partial charge in [0, 0.05) is 40.9 Å². The third kappa shape index (κ3) is 14.1. The number of imide groups is 2. The van der Waals surface area contributed by atoms with Gasteiger partial charge in [-0.15, -0.1) is 0 Å². The van der Waals surface area contributed by atoms with Gasteiger partial charge in [-0.05, 0) is 90.8 Å². The second kappa shape index (κ2) is 18.3. The molecule has 6 N–H and O–H groups in total. The van der Waals surface area contributed by atoms with Gasteiger partial charge < -0.3 is 25.8 Å². The number of anilines is 2. The number of carbonyl (C=O) groups excluding carboxylic acids is 5. The van der Waals surface area contributed by atoms with Crippen molar-refractivity contribution in [2.24, 2.45) is 0 Å². The third-order valence-electron chi connectivity index (χ3n) is 7.35. The molecule has 0 radical (unpaired) electrons. The summed E-state index contributed by atoms with van der Waals surface area (Å²) in [4.78, 5) is 70.1. The van der Waals surface area contributed by atoms with Gasteiger partial charge in [-0.2, -0.15) is 0 Å². The maximum absolute atomic E-state index is 11.8. The molecule has 0 bridgehead atoms. The van der Waals surface area contributed by atoms with Crippen molar-refractivity contribution in [2.45, 2.75) is 90.4 Å². The summed E-state index contributed by atoms with van der Waals surface area (Å²) in [5.41, 5.74) is 1.84. The van der Waals surface area contributed by atoms with Crippen LogP contribution in [0.4, 0.5) is 21.0 Å². The maximum atomic E-state index is 11.8. The number of alkyl carbamates (subject to hydrolysis) is 1. The van der Waals surface area contributed by atoms with Crippen LogP contribution in [0.1, 0.15) is 78.4 Å². The Labute approximate surface area is 303 Å². The molecule has 0 saturated carbocycles. The zero-order valence-electron chi connectivity index (χ0n) is 30.3. The number of nitrogens with one attached hydrogen (secondary N) is 5. The number of nitrogens with zero attached hydrogens (tertiary/aromatic N) is 1. The van der Waals surface area contributed by atoms with E-state index in [1.807, 2.05) is 57.2 Å². The first-order chi connectivity index (χ1) is 24.4. The van der Waals surface area contributed by atoms with Gasteiger partial charge in [-0.1, -0.05) is 35.8 Å². The van der Waals surface area contributed by atoms with E-state index in [1.54, 1.807) is 32.9 Å². The Morgan fingerprint density at radius 2 is 1.29 bits per heavy atom. The number of rotatable bonds is 6. The molecule has 14 heteroatoms. The minimum absolute atomic E-state index is 0.101. The molecular formula is C38H46N6O8. The predicted molar refractivity (Wildman–Crippen MR) is 195 cm³/mol. The zero-order valence-corrected chi connectivity index (χ0v) is 30.3. The molecule has 2 saturated heterocycles. The Morgan fingerprint density at radius 1 is 0.808 bits per heavy atom. The van der Waals surface area contributed by atoms with E-state index in [1.165, 1.54) is 4.90 Å². The molecule has 14 nitrogen and oxygen atoms in total. The molecule has 2 aromatic rings. The monoisotopic (exact) mass is 714 g/mol. The molecule has 0 spiro atoms. The van der Waals surface area contributed by atoms with Crippen molar-refractivity contribution < 1.29 is 38.6 Å². The highest BCUT2D eigenvalue weighted by atomic mass is 16.6. The van der Waals surface area contributed by atoms with E-state index in [9.17, 15) is 33.9 Å². The van der Waals surface area contributed by atoms with Crippen LogP contribution in [-0.4, -0.2) is 82.1 Å². The molecule has 6 amide bonds. The first-order valence-electron chi connectivity index (χ1n) is 16.8. The molecule has 276 valence electrons. The van der Waals surface area contributed by atoms with E-state index in [-0.39, 0.29) is 36.7 Å². The van der Waals surface area contributed by atoms with Crippen LogP contribution in [0.15, 0.2) is 48.5 Å². The Morgan fingerprint density at radius 3 is 1.71 bits per heavy atom. The lowest BCUT2D eigenvalue weighted by Gasteiger charge is -2.31. The quantitative estimate of drug-likeness (QED) is 0.189. The summed E-state index contributed by atoms with van der Waals surface area (Å²) >= 11 is 0. The SMILES string of the molecule is CC(C)(C)N(CC#Cc1cccc(N[C@@H]2CCC(=O)NC2=O)c1)C(=O)O.CC(C)(C)OC(=O)NCC#Cc1cccc(N[C@H]2CCC(=O)NC2=O)c1. The van der Waals surface area contributed by atoms with E-state index in [4.69, 9.17) is 4.74 Å². The average molecular weight is 715 g/mol. The minimum atomic E-state index is -1.01. The number of piperidine rings is 2. The highest BCUT2D eigenvalue weighted by molar-refractivity contribution is 6.02. The van der Waals surface area contributed by atoms with Crippen LogP contribution >= 0.6 is 0 Å². The molecule has 2 heterocycles. The molecule has 2 aromatic carbocycles. The summed E-state index contributed by atoms with van der Waals surface area (Å²) < 4.78 is 5.12. The van der Waals surface area contributed by atoms with Crippen LogP contribution in [0.5, 0.6) is 0 Å². The number of hydrogen-bond donors (Lipinski definition) is 6. The number of amides is 6. The first kappa shape index (κ1) is 40.4. The van der Waals surface area contributed by atoms with Crippen LogP contribution < -0.4 is 26.6 Å². The average Bonchev–Trinajstić information content (AvgIpc) is 3.03. The standard InChI is InChI=1S/2C19H23N3O4/c1-19(2,3)22(18(25)26)11-5-7-13-6-4-8-14(12-13)20-15-9-10-16(23)21-17(15)24;1-19(2,3)26-18(25)20-11-5-7-13-6-4-8-14(12-13)21-15-9-10-16(23)22-17(15)24/h4,6,8,12,15,20H,9-11H2,1-3H3,(H,25,26)(H,21,23,24);4,6,8,12,15,21H,9-11H2,1-3H3,(H,20,25)(H,22,23,24)/t2*15-/m10/s1. The molecule has 0 aliphatic carbocycles. The topological polar surface area (TPSA) is 195 Å². The Hall–Kier alpha value is -6.02. The maximum Gasteiger partial charge on any atom is 0.408 e. The Kier molecular flexibility index (Phi) is 14.2. The number of carbonyl (C=O) groups is 6. The Bertz CT molecular complexity index is 1790. The molecule has 52 heavy (non-hydrogen) atoms. The van der Waals surface area contributed by atoms with Crippen LogP contribution in [0, 0.1) is 23.7 Å². The molecule has 2 fully saturated rings. The van der Waals surface area contributed by atoms with Crippen molar-refractivity contribution in [1.82, 2.24) is 20.9 Å². The fourth-order valence-corrected chi connectivity index (χ4v) is 4.83. The van der Waals surface area contributed by atoms with E-state index in [2.05, 4.69) is 50.3 Å².